The topological polar surface area (TPSA) is 45.4 Å². The summed E-state index contributed by atoms with van der Waals surface area (Å²) in [6.07, 6.45) is 5.83. The van der Waals surface area contributed by atoms with Gasteiger partial charge in [0.05, 0.1) is 11.6 Å². The maximum atomic E-state index is 8.84. The third-order valence-corrected chi connectivity index (χ3v) is 2.13. The molecule has 0 atom stereocenters. The molecule has 0 amide bonds. The predicted molar refractivity (Wildman–Crippen MR) is 62.9 cm³/mol. The minimum absolute atomic E-state index is 0.322. The first-order valence-electron chi connectivity index (χ1n) is 5.41. The second-order valence-corrected chi connectivity index (χ2v) is 3.40. The summed E-state index contributed by atoms with van der Waals surface area (Å²) in [5.74, 6) is 0. The molecule has 16 heavy (non-hydrogen) atoms. The van der Waals surface area contributed by atoms with Gasteiger partial charge in [-0.05, 0) is 18.9 Å². The molecule has 0 saturated carbocycles. The van der Waals surface area contributed by atoms with Gasteiger partial charge in [0.25, 0.3) is 0 Å². The van der Waals surface area contributed by atoms with Gasteiger partial charge in [-0.25, -0.2) is 0 Å². The molecule has 1 radical (unpaired) electrons. The van der Waals surface area contributed by atoms with Gasteiger partial charge in [-0.15, -0.1) is 0 Å². The molecule has 0 saturated heterocycles. The minimum atomic E-state index is 0.322. The predicted octanol–water partition coefficient (Wildman–Crippen LogP) is 3.13. The van der Waals surface area contributed by atoms with Crippen LogP contribution in [0.5, 0.6) is 0 Å². The molecule has 83 valence electrons. The average Bonchev–Trinajstić information content (AvgIpc) is 2.34. The second kappa shape index (κ2) is 7.47. The first kappa shape index (κ1) is 12.3. The fraction of sp³-hybridized carbons (Fsp3) is 0.385. The maximum Gasteiger partial charge on any atom is 0.143 e. The summed E-state index contributed by atoms with van der Waals surface area (Å²) < 4.78 is 0. The van der Waals surface area contributed by atoms with Crippen LogP contribution in [0.3, 0.4) is 0 Å². The van der Waals surface area contributed by atoms with Crippen molar-refractivity contribution in [3.63, 3.8) is 0 Å². The SMILES string of the molecule is CCCC/[C]=N/OCc1ccccc1C#N. The molecule has 0 heterocycles. The van der Waals surface area contributed by atoms with Crippen LogP contribution < -0.4 is 0 Å². The quantitative estimate of drug-likeness (QED) is 0.415. The van der Waals surface area contributed by atoms with E-state index >= 15 is 0 Å². The Labute approximate surface area is 96.3 Å². The summed E-state index contributed by atoms with van der Waals surface area (Å²) in [7, 11) is 0. The molecule has 0 aromatic heterocycles. The van der Waals surface area contributed by atoms with Crippen LogP contribution in [0.2, 0.25) is 0 Å². The van der Waals surface area contributed by atoms with Crippen LogP contribution in [0.25, 0.3) is 0 Å². The van der Waals surface area contributed by atoms with E-state index in [2.05, 4.69) is 24.4 Å². The lowest BCUT2D eigenvalue weighted by molar-refractivity contribution is 0.131. The number of benzene rings is 1. The lowest BCUT2D eigenvalue weighted by Gasteiger charge is -2.01. The number of nitriles is 1. The van der Waals surface area contributed by atoms with Gasteiger partial charge >= 0.3 is 0 Å². The third-order valence-electron chi connectivity index (χ3n) is 2.13. The van der Waals surface area contributed by atoms with Crippen LogP contribution in [0, 0.1) is 11.3 Å². The molecular weight excluding hydrogens is 200 g/mol. The van der Waals surface area contributed by atoms with E-state index in [-0.39, 0.29) is 0 Å². The molecule has 0 bridgehead atoms. The van der Waals surface area contributed by atoms with Crippen molar-refractivity contribution in [3.8, 4) is 6.07 Å². The first-order chi connectivity index (χ1) is 7.88. The summed E-state index contributed by atoms with van der Waals surface area (Å²) >= 11 is 0. The van der Waals surface area contributed by atoms with Crippen LogP contribution in [-0.2, 0) is 11.4 Å². The van der Waals surface area contributed by atoms with E-state index in [9.17, 15) is 0 Å². The summed E-state index contributed by atoms with van der Waals surface area (Å²) in [6, 6.07) is 9.45. The molecule has 0 aliphatic heterocycles. The Morgan fingerprint density at radius 3 is 2.94 bits per heavy atom. The standard InChI is InChI=1S/C13H15N2O/c1-2-3-6-9-15-16-11-13-8-5-4-7-12(13)10-14/h4-5,7-8H,2-3,6,11H2,1H3. The molecule has 3 nitrogen and oxygen atoms in total. The zero-order valence-corrected chi connectivity index (χ0v) is 9.44. The molecule has 0 unspecified atom stereocenters. The minimum Gasteiger partial charge on any atom is -0.391 e. The van der Waals surface area contributed by atoms with Crippen molar-refractivity contribution < 1.29 is 4.84 Å². The van der Waals surface area contributed by atoms with E-state index in [1.54, 1.807) is 6.07 Å². The van der Waals surface area contributed by atoms with Gasteiger partial charge in [-0.1, -0.05) is 36.7 Å². The maximum absolute atomic E-state index is 8.84. The Bertz CT molecular complexity index is 380. The molecule has 0 aliphatic carbocycles. The van der Waals surface area contributed by atoms with Crippen molar-refractivity contribution in [1.29, 1.82) is 5.26 Å². The van der Waals surface area contributed by atoms with Gasteiger partial charge in [0.2, 0.25) is 0 Å². The van der Waals surface area contributed by atoms with E-state index in [4.69, 9.17) is 10.1 Å². The van der Waals surface area contributed by atoms with Crippen molar-refractivity contribution in [2.45, 2.75) is 32.8 Å². The molecule has 1 aromatic carbocycles. The molecule has 0 N–H and O–H groups in total. The Kier molecular flexibility index (Phi) is 5.72. The van der Waals surface area contributed by atoms with Crippen molar-refractivity contribution in [2.24, 2.45) is 5.16 Å². The molecule has 0 spiro atoms. The highest BCUT2D eigenvalue weighted by Crippen LogP contribution is 2.08. The highest BCUT2D eigenvalue weighted by atomic mass is 16.6. The van der Waals surface area contributed by atoms with Gasteiger partial charge in [0, 0.05) is 5.56 Å². The number of rotatable bonds is 6. The molecule has 0 aliphatic rings. The van der Waals surface area contributed by atoms with E-state index in [1.165, 1.54) is 0 Å². The number of unbranched alkanes of at least 4 members (excludes halogenated alkanes) is 2. The zero-order chi connectivity index (χ0) is 11.6. The van der Waals surface area contributed by atoms with Gasteiger partial charge < -0.3 is 4.84 Å². The highest BCUT2D eigenvalue weighted by Gasteiger charge is 1.99. The normalized spacial score (nSPS) is 10.2. The highest BCUT2D eigenvalue weighted by molar-refractivity contribution is 5.56. The fourth-order valence-electron chi connectivity index (χ4n) is 1.20. The lowest BCUT2D eigenvalue weighted by atomic mass is 10.1. The van der Waals surface area contributed by atoms with E-state index in [1.807, 2.05) is 18.2 Å². The third kappa shape index (κ3) is 4.14. The van der Waals surface area contributed by atoms with Crippen molar-refractivity contribution in [1.82, 2.24) is 0 Å². The summed E-state index contributed by atoms with van der Waals surface area (Å²) in [6.45, 7) is 2.44. The Morgan fingerprint density at radius 1 is 1.38 bits per heavy atom. The number of hydrogen-bond donors (Lipinski definition) is 0. The van der Waals surface area contributed by atoms with Crippen molar-refractivity contribution in [2.75, 3.05) is 0 Å². The van der Waals surface area contributed by atoms with Crippen LogP contribution in [-0.4, -0.2) is 6.21 Å². The lowest BCUT2D eigenvalue weighted by Crippen LogP contribution is -1.91. The van der Waals surface area contributed by atoms with Gasteiger partial charge in [-0.3, -0.25) is 0 Å². The molecular formula is C13H15N2O. The summed E-state index contributed by atoms with van der Waals surface area (Å²) in [5, 5.41) is 12.6. The van der Waals surface area contributed by atoms with Gasteiger partial charge in [0.1, 0.15) is 12.8 Å². The first-order valence-corrected chi connectivity index (χ1v) is 5.41. The van der Waals surface area contributed by atoms with Gasteiger partial charge in [-0.2, -0.15) is 5.26 Å². The number of nitrogens with zero attached hydrogens (tertiary/aromatic N) is 2. The van der Waals surface area contributed by atoms with Crippen LogP contribution in [0.1, 0.15) is 37.3 Å². The zero-order valence-electron chi connectivity index (χ0n) is 9.44. The molecule has 1 rings (SSSR count). The largest absolute Gasteiger partial charge is 0.391 e. The van der Waals surface area contributed by atoms with Crippen LogP contribution >= 0.6 is 0 Å². The monoisotopic (exact) mass is 215 g/mol. The summed E-state index contributed by atoms with van der Waals surface area (Å²) in [4.78, 5) is 5.07. The molecule has 3 heteroatoms. The Hall–Kier alpha value is -1.82. The van der Waals surface area contributed by atoms with E-state index < -0.39 is 0 Å². The van der Waals surface area contributed by atoms with Crippen molar-refractivity contribution >= 4 is 6.21 Å². The van der Waals surface area contributed by atoms with Gasteiger partial charge in [0.15, 0.2) is 0 Å². The second-order valence-electron chi connectivity index (χ2n) is 3.40. The summed E-state index contributed by atoms with van der Waals surface area (Å²) in [5.41, 5.74) is 1.48. The van der Waals surface area contributed by atoms with Crippen LogP contribution in [0.15, 0.2) is 29.4 Å². The Morgan fingerprint density at radius 2 is 2.19 bits per heavy atom. The molecule has 0 fully saturated rings. The van der Waals surface area contributed by atoms with Crippen LogP contribution in [0.4, 0.5) is 0 Å². The van der Waals surface area contributed by atoms with Crippen molar-refractivity contribution in [3.05, 3.63) is 35.4 Å². The number of hydrogen-bond acceptors (Lipinski definition) is 3. The molecule has 1 aromatic rings. The van der Waals surface area contributed by atoms with E-state index in [0.29, 0.717) is 12.2 Å². The average molecular weight is 215 g/mol. The fourth-order valence-corrected chi connectivity index (χ4v) is 1.20. The van der Waals surface area contributed by atoms with E-state index in [0.717, 1.165) is 24.8 Å². The smallest absolute Gasteiger partial charge is 0.143 e. The Balaban J connectivity index is 2.37.